The summed E-state index contributed by atoms with van der Waals surface area (Å²) in [5.74, 6) is 0. The third kappa shape index (κ3) is 1.94. The number of aromatic nitrogens is 4. The molecule has 3 rings (SSSR count). The van der Waals surface area contributed by atoms with Crippen molar-refractivity contribution in [3.8, 4) is 17.3 Å². The lowest BCUT2D eigenvalue weighted by Gasteiger charge is -2.07. The van der Waals surface area contributed by atoms with Crippen LogP contribution in [0.1, 0.15) is 18.1 Å². The third-order valence-corrected chi connectivity index (χ3v) is 3.29. The van der Waals surface area contributed by atoms with Crippen LogP contribution in [0.25, 0.3) is 16.9 Å². The van der Waals surface area contributed by atoms with Gasteiger partial charge in [-0.25, -0.2) is 9.50 Å². The highest BCUT2D eigenvalue weighted by Crippen LogP contribution is 2.20. The Morgan fingerprint density at radius 1 is 1.33 bits per heavy atom. The molecule has 0 unspecified atom stereocenters. The second kappa shape index (κ2) is 4.76. The molecule has 0 aromatic carbocycles. The molecule has 104 valence electrons. The molecule has 3 heterocycles. The number of nitrogens with zero attached hydrogens (tertiary/aromatic N) is 3. The van der Waals surface area contributed by atoms with Gasteiger partial charge in [-0.05, 0) is 12.5 Å². The molecule has 3 aromatic heterocycles. The second-order valence-corrected chi connectivity index (χ2v) is 4.50. The quantitative estimate of drug-likeness (QED) is 0.724. The van der Waals surface area contributed by atoms with Crippen LogP contribution >= 0.6 is 0 Å². The predicted molar refractivity (Wildman–Crippen MR) is 76.0 cm³/mol. The van der Waals surface area contributed by atoms with E-state index in [1.165, 1.54) is 23.0 Å². The molecule has 21 heavy (non-hydrogen) atoms. The van der Waals surface area contributed by atoms with Crippen molar-refractivity contribution in [2.45, 2.75) is 13.3 Å². The Labute approximate surface area is 118 Å². The zero-order valence-electron chi connectivity index (χ0n) is 11.2. The molecule has 0 atom stereocenters. The van der Waals surface area contributed by atoms with Crippen molar-refractivity contribution in [3.63, 3.8) is 0 Å². The smallest absolute Gasteiger partial charge is 0.276 e. The topological polar surface area (TPSA) is 107 Å². The Bertz CT molecular complexity index is 967. The molecule has 2 N–H and O–H groups in total. The molecule has 0 aliphatic carbocycles. The molecule has 0 aliphatic rings. The zero-order valence-corrected chi connectivity index (χ0v) is 11.2. The van der Waals surface area contributed by atoms with Crippen molar-refractivity contribution >= 4 is 5.65 Å². The summed E-state index contributed by atoms with van der Waals surface area (Å²) in [7, 11) is 0. The minimum Gasteiger partial charge on any atom is -0.328 e. The van der Waals surface area contributed by atoms with Gasteiger partial charge < -0.3 is 4.98 Å². The number of nitrogens with one attached hydrogen (secondary N) is 2. The Morgan fingerprint density at radius 3 is 2.76 bits per heavy atom. The van der Waals surface area contributed by atoms with Gasteiger partial charge in [-0.3, -0.25) is 14.7 Å². The van der Waals surface area contributed by atoms with E-state index in [0.29, 0.717) is 28.8 Å². The number of fused-ring (bicyclic) bond motifs is 1. The highest BCUT2D eigenvalue weighted by Gasteiger charge is 2.16. The predicted octanol–water partition coefficient (Wildman–Crippen LogP) is 0.812. The molecular weight excluding hydrogens is 270 g/mol. The number of rotatable bonds is 2. The van der Waals surface area contributed by atoms with Crippen LogP contribution in [-0.2, 0) is 6.42 Å². The molecule has 7 nitrogen and oxygen atoms in total. The highest BCUT2D eigenvalue weighted by molar-refractivity contribution is 5.66. The number of aromatic amines is 2. The van der Waals surface area contributed by atoms with Crippen molar-refractivity contribution < 1.29 is 0 Å². The van der Waals surface area contributed by atoms with Crippen LogP contribution in [0.15, 0.2) is 34.1 Å². The first-order chi connectivity index (χ1) is 10.2. The van der Waals surface area contributed by atoms with Crippen molar-refractivity contribution in [2.75, 3.05) is 0 Å². The fraction of sp³-hybridized carbons (Fsp3) is 0.143. The van der Waals surface area contributed by atoms with Gasteiger partial charge in [0.1, 0.15) is 11.6 Å². The van der Waals surface area contributed by atoms with Crippen LogP contribution in [-0.4, -0.2) is 19.6 Å². The summed E-state index contributed by atoms with van der Waals surface area (Å²) in [6, 6.07) is 4.97. The molecule has 0 amide bonds. The lowest BCUT2D eigenvalue weighted by Crippen LogP contribution is -2.21. The van der Waals surface area contributed by atoms with E-state index in [9.17, 15) is 9.59 Å². The summed E-state index contributed by atoms with van der Waals surface area (Å²) in [5.41, 5.74) is 1.73. The monoisotopic (exact) mass is 281 g/mol. The number of hydrogen-bond donors (Lipinski definition) is 2. The zero-order chi connectivity index (χ0) is 15.0. The van der Waals surface area contributed by atoms with E-state index in [2.05, 4.69) is 15.1 Å². The molecule has 3 aromatic rings. The summed E-state index contributed by atoms with van der Waals surface area (Å²) >= 11 is 0. The molecule has 0 aliphatic heterocycles. The average Bonchev–Trinajstić information content (AvgIpc) is 2.91. The van der Waals surface area contributed by atoms with E-state index >= 15 is 0 Å². The highest BCUT2D eigenvalue weighted by atomic mass is 16.1. The number of nitriles is 1. The summed E-state index contributed by atoms with van der Waals surface area (Å²) in [4.78, 5) is 30.6. The van der Waals surface area contributed by atoms with Crippen LogP contribution < -0.4 is 11.1 Å². The Hall–Kier alpha value is -3.14. The van der Waals surface area contributed by atoms with E-state index in [-0.39, 0.29) is 16.8 Å². The van der Waals surface area contributed by atoms with Crippen LogP contribution in [0, 0.1) is 11.3 Å². The summed E-state index contributed by atoms with van der Waals surface area (Å²) in [5, 5.41) is 11.8. The maximum absolute atomic E-state index is 12.5. The van der Waals surface area contributed by atoms with Gasteiger partial charge >= 0.3 is 0 Å². The SMILES string of the molecule is CCc1c(-c2ccc(=O)[nH]c2)nc2c(C#N)c[nH]n2c1=O. The molecule has 0 bridgehead atoms. The van der Waals surface area contributed by atoms with Crippen LogP contribution in [0.2, 0.25) is 0 Å². The van der Waals surface area contributed by atoms with Gasteiger partial charge in [0.25, 0.3) is 5.56 Å². The number of hydrogen-bond acceptors (Lipinski definition) is 4. The fourth-order valence-corrected chi connectivity index (χ4v) is 2.25. The molecule has 0 spiro atoms. The molecule has 7 heteroatoms. The van der Waals surface area contributed by atoms with Gasteiger partial charge in [0.05, 0.1) is 5.69 Å². The van der Waals surface area contributed by atoms with Gasteiger partial charge in [-0.15, -0.1) is 0 Å². The lowest BCUT2D eigenvalue weighted by atomic mass is 10.1. The lowest BCUT2D eigenvalue weighted by molar-refractivity contribution is 0.870. The van der Waals surface area contributed by atoms with Crippen molar-refractivity contribution in [1.29, 1.82) is 5.26 Å². The molecule has 0 radical (unpaired) electrons. The first-order valence-corrected chi connectivity index (χ1v) is 6.38. The Kier molecular flexibility index (Phi) is 2.92. The summed E-state index contributed by atoms with van der Waals surface area (Å²) < 4.78 is 1.26. The van der Waals surface area contributed by atoms with E-state index in [4.69, 9.17) is 5.26 Å². The second-order valence-electron chi connectivity index (χ2n) is 4.50. The van der Waals surface area contributed by atoms with Crippen LogP contribution in [0.3, 0.4) is 0 Å². The van der Waals surface area contributed by atoms with Gasteiger partial charge in [0.15, 0.2) is 5.65 Å². The van der Waals surface area contributed by atoms with E-state index in [0.717, 1.165) is 0 Å². The third-order valence-electron chi connectivity index (χ3n) is 3.29. The maximum atomic E-state index is 12.5. The van der Waals surface area contributed by atoms with Crippen molar-refractivity contribution in [2.24, 2.45) is 0 Å². The standard InChI is InChI=1S/C14H11N5O2/c1-2-10-12(8-3-4-11(20)16-6-8)18-13-9(5-15)7-17-19(13)14(10)21/h3-4,6-7,17H,2H2,1H3,(H,16,20). The Morgan fingerprint density at radius 2 is 2.14 bits per heavy atom. The first-order valence-electron chi connectivity index (χ1n) is 6.38. The Balaban J connectivity index is 2.41. The average molecular weight is 281 g/mol. The molecular formula is C14H11N5O2. The summed E-state index contributed by atoms with van der Waals surface area (Å²) in [6.45, 7) is 1.86. The van der Waals surface area contributed by atoms with E-state index in [1.54, 1.807) is 6.07 Å². The first kappa shape index (κ1) is 12.9. The number of pyridine rings is 1. The minimum absolute atomic E-state index is 0.228. The largest absolute Gasteiger partial charge is 0.328 e. The maximum Gasteiger partial charge on any atom is 0.276 e. The van der Waals surface area contributed by atoms with Gasteiger partial charge in [0.2, 0.25) is 5.56 Å². The van der Waals surface area contributed by atoms with Crippen molar-refractivity contribution in [3.05, 3.63) is 56.4 Å². The normalized spacial score (nSPS) is 10.7. The van der Waals surface area contributed by atoms with Crippen LogP contribution in [0.4, 0.5) is 0 Å². The molecule has 0 saturated heterocycles. The van der Waals surface area contributed by atoms with Crippen molar-refractivity contribution in [1.82, 2.24) is 19.6 Å². The van der Waals surface area contributed by atoms with Gasteiger partial charge in [-0.1, -0.05) is 6.92 Å². The van der Waals surface area contributed by atoms with E-state index in [1.807, 2.05) is 13.0 Å². The van der Waals surface area contributed by atoms with E-state index < -0.39 is 0 Å². The van der Waals surface area contributed by atoms with Gasteiger partial charge in [0, 0.05) is 29.6 Å². The fourth-order valence-electron chi connectivity index (χ4n) is 2.25. The van der Waals surface area contributed by atoms with Gasteiger partial charge in [-0.2, -0.15) is 5.26 Å². The number of H-pyrrole nitrogens is 2. The van der Waals surface area contributed by atoms with Crippen LogP contribution in [0.5, 0.6) is 0 Å². The molecule has 0 saturated carbocycles. The molecule has 0 fully saturated rings. The minimum atomic E-state index is -0.245. The summed E-state index contributed by atoms with van der Waals surface area (Å²) in [6.07, 6.45) is 3.45.